The first-order valence-corrected chi connectivity index (χ1v) is 7.32. The summed E-state index contributed by atoms with van der Waals surface area (Å²) in [6.45, 7) is 11.8. The maximum atomic E-state index is 3.88. The van der Waals surface area contributed by atoms with Gasteiger partial charge in [-0.25, -0.2) is 0 Å². The van der Waals surface area contributed by atoms with Gasteiger partial charge >= 0.3 is 0 Å². The van der Waals surface area contributed by atoms with Crippen molar-refractivity contribution in [3.63, 3.8) is 0 Å². The molecule has 0 aromatic carbocycles. The maximum absolute atomic E-state index is 3.88. The summed E-state index contributed by atoms with van der Waals surface area (Å²) in [4.78, 5) is 0. The Morgan fingerprint density at radius 3 is 1.94 bits per heavy atom. The molecule has 16 heavy (non-hydrogen) atoms. The van der Waals surface area contributed by atoms with Crippen LogP contribution in [0.5, 0.6) is 0 Å². The fraction of sp³-hybridized carbons (Fsp3) is 1.00. The van der Waals surface area contributed by atoms with Crippen molar-refractivity contribution in [1.82, 2.24) is 5.32 Å². The van der Waals surface area contributed by atoms with Crippen LogP contribution in [0.25, 0.3) is 0 Å². The number of hydrogen-bond donors (Lipinski definition) is 1. The van der Waals surface area contributed by atoms with E-state index in [0.717, 1.165) is 23.8 Å². The molecule has 0 radical (unpaired) electrons. The van der Waals surface area contributed by atoms with Gasteiger partial charge in [0.1, 0.15) is 0 Å². The minimum atomic E-state index is 0.692. The highest BCUT2D eigenvalue weighted by Crippen LogP contribution is 2.29. The van der Waals surface area contributed by atoms with E-state index < -0.39 is 0 Å². The highest BCUT2D eigenvalue weighted by Gasteiger charge is 2.26. The van der Waals surface area contributed by atoms with E-state index in [0.29, 0.717) is 6.04 Å². The lowest BCUT2D eigenvalue weighted by molar-refractivity contribution is 0.208. The molecular weight excluding hydrogens is 194 g/mol. The molecule has 0 heterocycles. The molecule has 1 nitrogen and oxygen atoms in total. The fourth-order valence-corrected chi connectivity index (χ4v) is 3.59. The van der Waals surface area contributed by atoms with E-state index in [1.165, 1.54) is 32.1 Å². The van der Waals surface area contributed by atoms with Crippen LogP contribution in [0, 0.1) is 17.8 Å². The molecule has 0 aliphatic heterocycles. The van der Waals surface area contributed by atoms with Gasteiger partial charge in [-0.05, 0) is 43.9 Å². The number of rotatable bonds is 5. The van der Waals surface area contributed by atoms with E-state index in [9.17, 15) is 0 Å². The summed E-state index contributed by atoms with van der Waals surface area (Å²) in [5.74, 6) is 2.68. The molecule has 1 N–H and O–H groups in total. The summed E-state index contributed by atoms with van der Waals surface area (Å²) in [5.41, 5.74) is 0. The lowest BCUT2D eigenvalue weighted by Gasteiger charge is -2.35. The first-order chi connectivity index (χ1) is 7.56. The lowest BCUT2D eigenvalue weighted by Crippen LogP contribution is -2.44. The van der Waals surface area contributed by atoms with Gasteiger partial charge in [-0.3, -0.25) is 0 Å². The molecule has 96 valence electrons. The van der Waals surface area contributed by atoms with Crippen molar-refractivity contribution in [2.75, 3.05) is 0 Å². The van der Waals surface area contributed by atoms with Crippen LogP contribution >= 0.6 is 0 Å². The van der Waals surface area contributed by atoms with Crippen LogP contribution in [0.2, 0.25) is 0 Å². The second-order valence-corrected chi connectivity index (χ2v) is 6.15. The van der Waals surface area contributed by atoms with Gasteiger partial charge in [0.15, 0.2) is 0 Å². The second kappa shape index (κ2) is 6.64. The summed E-state index contributed by atoms with van der Waals surface area (Å²) in [6.07, 6.45) is 6.81. The monoisotopic (exact) mass is 225 g/mol. The summed E-state index contributed by atoms with van der Waals surface area (Å²) < 4.78 is 0. The van der Waals surface area contributed by atoms with Crippen LogP contribution in [0.1, 0.15) is 66.7 Å². The molecule has 0 saturated heterocycles. The highest BCUT2D eigenvalue weighted by atomic mass is 15.0. The van der Waals surface area contributed by atoms with Crippen molar-refractivity contribution in [1.29, 1.82) is 0 Å². The van der Waals surface area contributed by atoms with Crippen molar-refractivity contribution >= 4 is 0 Å². The molecule has 1 heteroatoms. The molecule has 0 aromatic heterocycles. The third-order valence-corrected chi connectivity index (χ3v) is 4.43. The molecule has 0 amide bonds. The van der Waals surface area contributed by atoms with Gasteiger partial charge in [-0.2, -0.15) is 0 Å². The van der Waals surface area contributed by atoms with Crippen LogP contribution in [-0.2, 0) is 0 Å². The lowest BCUT2D eigenvalue weighted by atomic mass is 9.80. The molecule has 1 rings (SSSR count). The normalized spacial score (nSPS) is 33.0. The van der Waals surface area contributed by atoms with Crippen molar-refractivity contribution in [3.05, 3.63) is 0 Å². The quantitative estimate of drug-likeness (QED) is 0.738. The SMILES string of the molecule is CCC(CC)C(C)NC1CC(C)CC(C)C1. The van der Waals surface area contributed by atoms with Gasteiger partial charge in [0, 0.05) is 12.1 Å². The van der Waals surface area contributed by atoms with Crippen molar-refractivity contribution in [2.24, 2.45) is 17.8 Å². The average molecular weight is 225 g/mol. The Morgan fingerprint density at radius 2 is 1.50 bits per heavy atom. The summed E-state index contributed by atoms with van der Waals surface area (Å²) >= 11 is 0. The van der Waals surface area contributed by atoms with E-state index >= 15 is 0 Å². The average Bonchev–Trinajstić information content (AvgIpc) is 2.17. The molecule has 1 aliphatic rings. The van der Waals surface area contributed by atoms with E-state index in [2.05, 4.69) is 39.9 Å². The van der Waals surface area contributed by atoms with Crippen LogP contribution in [0.4, 0.5) is 0 Å². The number of hydrogen-bond acceptors (Lipinski definition) is 1. The maximum Gasteiger partial charge on any atom is 0.00747 e. The van der Waals surface area contributed by atoms with Gasteiger partial charge in [0.2, 0.25) is 0 Å². The fourth-order valence-electron chi connectivity index (χ4n) is 3.59. The van der Waals surface area contributed by atoms with E-state index in [1.807, 2.05) is 0 Å². The van der Waals surface area contributed by atoms with Gasteiger partial charge in [0.05, 0.1) is 0 Å². The topological polar surface area (TPSA) is 12.0 Å². The minimum Gasteiger partial charge on any atom is -0.311 e. The predicted octanol–water partition coefficient (Wildman–Crippen LogP) is 4.23. The molecule has 1 saturated carbocycles. The third kappa shape index (κ3) is 4.08. The minimum absolute atomic E-state index is 0.692. The Kier molecular flexibility index (Phi) is 5.82. The van der Waals surface area contributed by atoms with Crippen molar-refractivity contribution < 1.29 is 0 Å². The van der Waals surface area contributed by atoms with Crippen molar-refractivity contribution in [2.45, 2.75) is 78.8 Å². The summed E-state index contributed by atoms with van der Waals surface area (Å²) in [6, 6.07) is 1.46. The zero-order valence-corrected chi connectivity index (χ0v) is 11.9. The molecule has 3 unspecified atom stereocenters. The first kappa shape index (κ1) is 14.0. The van der Waals surface area contributed by atoms with Crippen LogP contribution in [-0.4, -0.2) is 12.1 Å². The third-order valence-electron chi connectivity index (χ3n) is 4.43. The molecule has 1 aliphatic carbocycles. The van der Waals surface area contributed by atoms with Crippen LogP contribution in [0.3, 0.4) is 0 Å². The zero-order chi connectivity index (χ0) is 12.1. The van der Waals surface area contributed by atoms with Gasteiger partial charge in [0.25, 0.3) is 0 Å². The largest absolute Gasteiger partial charge is 0.311 e. The molecule has 0 aromatic rings. The Bertz CT molecular complexity index is 176. The first-order valence-electron chi connectivity index (χ1n) is 7.32. The van der Waals surface area contributed by atoms with Crippen molar-refractivity contribution in [3.8, 4) is 0 Å². The van der Waals surface area contributed by atoms with E-state index in [4.69, 9.17) is 0 Å². The molecule has 0 bridgehead atoms. The molecule has 0 spiro atoms. The second-order valence-electron chi connectivity index (χ2n) is 6.15. The van der Waals surface area contributed by atoms with Gasteiger partial charge in [-0.1, -0.05) is 40.5 Å². The van der Waals surface area contributed by atoms with E-state index in [-0.39, 0.29) is 0 Å². The molecule has 1 fully saturated rings. The highest BCUT2D eigenvalue weighted by molar-refractivity contribution is 4.83. The van der Waals surface area contributed by atoms with Gasteiger partial charge in [-0.15, -0.1) is 0 Å². The smallest absolute Gasteiger partial charge is 0.00747 e. The van der Waals surface area contributed by atoms with E-state index in [1.54, 1.807) is 0 Å². The Morgan fingerprint density at radius 1 is 1.00 bits per heavy atom. The van der Waals surface area contributed by atoms with Crippen LogP contribution in [0.15, 0.2) is 0 Å². The Labute approximate surface area is 102 Å². The predicted molar refractivity (Wildman–Crippen MR) is 72.6 cm³/mol. The summed E-state index contributed by atoms with van der Waals surface area (Å²) in [7, 11) is 0. The zero-order valence-electron chi connectivity index (χ0n) is 11.9. The van der Waals surface area contributed by atoms with Crippen LogP contribution < -0.4 is 5.32 Å². The standard InChI is InChI=1S/C15H31N/c1-6-14(7-2)13(5)16-15-9-11(3)8-12(4)10-15/h11-16H,6-10H2,1-5H3. The Balaban J connectivity index is 2.40. The Hall–Kier alpha value is -0.0400. The molecule has 3 atom stereocenters. The summed E-state index contributed by atoms with van der Waals surface area (Å²) in [5, 5.41) is 3.88. The number of nitrogens with one attached hydrogen (secondary N) is 1. The molecular formula is C15H31N. The van der Waals surface area contributed by atoms with Gasteiger partial charge < -0.3 is 5.32 Å².